The lowest BCUT2D eigenvalue weighted by Crippen LogP contribution is -2.10. The van der Waals surface area contributed by atoms with E-state index in [2.05, 4.69) is 20.9 Å². The number of pyridine rings is 1. The highest BCUT2D eigenvalue weighted by Gasteiger charge is 2.18. The number of rotatable bonds is 4. The number of aromatic nitrogens is 2. The Balaban J connectivity index is 2.15. The van der Waals surface area contributed by atoms with E-state index in [-0.39, 0.29) is 12.4 Å². The average Bonchev–Trinajstić information content (AvgIpc) is 2.86. The third-order valence-electron chi connectivity index (χ3n) is 3.42. The van der Waals surface area contributed by atoms with Gasteiger partial charge in [-0.3, -0.25) is 4.79 Å². The molecule has 0 aliphatic carbocycles. The van der Waals surface area contributed by atoms with Crippen molar-refractivity contribution in [3.8, 4) is 11.3 Å². The Morgan fingerprint density at radius 2 is 2.00 bits per heavy atom. The van der Waals surface area contributed by atoms with Crippen molar-refractivity contribution in [1.82, 2.24) is 9.38 Å². The van der Waals surface area contributed by atoms with Crippen LogP contribution >= 0.6 is 27.5 Å². The van der Waals surface area contributed by atoms with Crippen molar-refractivity contribution in [2.45, 2.75) is 13.3 Å². The van der Waals surface area contributed by atoms with Crippen molar-refractivity contribution < 1.29 is 9.53 Å². The minimum Gasteiger partial charge on any atom is -0.466 e. The van der Waals surface area contributed by atoms with Gasteiger partial charge in [0.25, 0.3) is 0 Å². The molecule has 23 heavy (non-hydrogen) atoms. The molecule has 0 N–H and O–H groups in total. The van der Waals surface area contributed by atoms with Crippen LogP contribution in [0.5, 0.6) is 0 Å². The van der Waals surface area contributed by atoms with Crippen LogP contribution in [0.2, 0.25) is 5.02 Å². The summed E-state index contributed by atoms with van der Waals surface area (Å²) in [6, 6.07) is 11.2. The molecule has 4 nitrogen and oxygen atoms in total. The maximum Gasteiger partial charge on any atom is 0.311 e. The number of esters is 1. The number of benzene rings is 1. The summed E-state index contributed by atoms with van der Waals surface area (Å²) in [6.45, 7) is 2.15. The van der Waals surface area contributed by atoms with E-state index < -0.39 is 0 Å². The molecule has 0 aliphatic rings. The molecule has 118 valence electrons. The Morgan fingerprint density at radius 1 is 1.26 bits per heavy atom. The number of halogens is 2. The average molecular weight is 394 g/mol. The zero-order valence-electron chi connectivity index (χ0n) is 12.4. The summed E-state index contributed by atoms with van der Waals surface area (Å²) >= 11 is 9.41. The molecule has 0 saturated heterocycles. The molecule has 2 heterocycles. The first-order valence-electron chi connectivity index (χ1n) is 7.16. The van der Waals surface area contributed by atoms with Gasteiger partial charge in [0.15, 0.2) is 0 Å². The number of carbonyl (C=O) groups is 1. The van der Waals surface area contributed by atoms with Gasteiger partial charge in [-0.1, -0.05) is 23.7 Å². The molecule has 2 aromatic heterocycles. The smallest absolute Gasteiger partial charge is 0.311 e. The zero-order chi connectivity index (χ0) is 16.4. The van der Waals surface area contributed by atoms with Crippen LogP contribution in [0.1, 0.15) is 12.6 Å². The topological polar surface area (TPSA) is 43.6 Å². The van der Waals surface area contributed by atoms with E-state index in [9.17, 15) is 4.79 Å². The Bertz CT molecular complexity index is 859. The number of ether oxygens (including phenoxy) is 1. The fraction of sp³-hybridized carbons (Fsp3) is 0.176. The van der Waals surface area contributed by atoms with Gasteiger partial charge >= 0.3 is 5.97 Å². The lowest BCUT2D eigenvalue weighted by atomic mass is 10.1. The number of imidazole rings is 1. The molecule has 0 radical (unpaired) electrons. The highest BCUT2D eigenvalue weighted by molar-refractivity contribution is 9.10. The zero-order valence-corrected chi connectivity index (χ0v) is 14.8. The first kappa shape index (κ1) is 16.0. The Kier molecular flexibility index (Phi) is 4.68. The molecule has 0 saturated carbocycles. The molecule has 0 atom stereocenters. The summed E-state index contributed by atoms with van der Waals surface area (Å²) in [5.41, 5.74) is 3.24. The molecule has 0 amide bonds. The van der Waals surface area contributed by atoms with Crippen molar-refractivity contribution >= 4 is 39.1 Å². The largest absolute Gasteiger partial charge is 0.466 e. The van der Waals surface area contributed by atoms with Crippen molar-refractivity contribution in [3.05, 3.63) is 57.8 Å². The summed E-state index contributed by atoms with van der Waals surface area (Å²) in [5, 5.41) is 0.659. The summed E-state index contributed by atoms with van der Waals surface area (Å²) in [6.07, 6.45) is 2.06. The van der Waals surface area contributed by atoms with Crippen LogP contribution in [0.15, 0.2) is 47.1 Å². The molecule has 6 heteroatoms. The monoisotopic (exact) mass is 392 g/mol. The number of hydrogen-bond donors (Lipinski definition) is 0. The second-order valence-corrected chi connectivity index (χ2v) is 6.32. The van der Waals surface area contributed by atoms with Crippen LogP contribution < -0.4 is 0 Å². The molecule has 0 bridgehead atoms. The first-order valence-corrected chi connectivity index (χ1v) is 8.33. The number of nitrogens with zero attached hydrogens (tertiary/aromatic N) is 2. The fourth-order valence-electron chi connectivity index (χ4n) is 2.42. The summed E-state index contributed by atoms with van der Waals surface area (Å²) in [4.78, 5) is 16.6. The summed E-state index contributed by atoms with van der Waals surface area (Å²) < 4.78 is 7.91. The maximum absolute atomic E-state index is 12.0. The number of fused-ring (bicyclic) bond motifs is 1. The predicted molar refractivity (Wildman–Crippen MR) is 93.7 cm³/mol. The standard InChI is InChI=1S/C17H14BrClN2O2/c1-2-23-16(22)9-14-17(11-3-6-13(19)7-4-11)20-15-8-5-12(18)10-21(14)15/h3-8,10H,2,9H2,1H3. The quantitative estimate of drug-likeness (QED) is 0.612. The van der Waals surface area contributed by atoms with Crippen LogP contribution in [0, 0.1) is 0 Å². The van der Waals surface area contributed by atoms with Crippen LogP contribution in [-0.2, 0) is 16.0 Å². The normalized spacial score (nSPS) is 10.9. The van der Waals surface area contributed by atoms with E-state index in [0.29, 0.717) is 11.6 Å². The van der Waals surface area contributed by atoms with Gasteiger partial charge in [0, 0.05) is 21.3 Å². The SMILES string of the molecule is CCOC(=O)Cc1c(-c2ccc(Cl)cc2)nc2ccc(Br)cn12. The number of carbonyl (C=O) groups excluding carboxylic acids is 1. The minimum absolute atomic E-state index is 0.156. The lowest BCUT2D eigenvalue weighted by molar-refractivity contribution is -0.142. The number of hydrogen-bond acceptors (Lipinski definition) is 3. The third-order valence-corrected chi connectivity index (χ3v) is 4.14. The van der Waals surface area contributed by atoms with Crippen LogP contribution in [0.3, 0.4) is 0 Å². The van der Waals surface area contributed by atoms with Gasteiger partial charge in [0.2, 0.25) is 0 Å². The van der Waals surface area contributed by atoms with Crippen molar-refractivity contribution in [2.24, 2.45) is 0 Å². The molecule has 1 aromatic carbocycles. The molecule has 3 rings (SSSR count). The van der Waals surface area contributed by atoms with E-state index in [1.165, 1.54) is 0 Å². The van der Waals surface area contributed by atoms with Gasteiger partial charge in [-0.2, -0.15) is 0 Å². The van der Waals surface area contributed by atoms with Gasteiger partial charge in [-0.25, -0.2) is 4.98 Å². The van der Waals surface area contributed by atoms with Crippen molar-refractivity contribution in [2.75, 3.05) is 6.61 Å². The second kappa shape index (κ2) is 6.72. The highest BCUT2D eigenvalue weighted by Crippen LogP contribution is 2.27. The predicted octanol–water partition coefficient (Wildman–Crippen LogP) is 4.52. The Labute approximate surface area is 147 Å². The van der Waals surface area contributed by atoms with Gasteiger partial charge in [-0.15, -0.1) is 0 Å². The van der Waals surface area contributed by atoms with Crippen molar-refractivity contribution in [1.29, 1.82) is 0 Å². The molecule has 0 unspecified atom stereocenters. The molecular weight excluding hydrogens is 380 g/mol. The third kappa shape index (κ3) is 3.41. The fourth-order valence-corrected chi connectivity index (χ4v) is 2.89. The van der Waals surface area contributed by atoms with Crippen LogP contribution in [-0.4, -0.2) is 22.0 Å². The van der Waals surface area contributed by atoms with Gasteiger partial charge in [0.05, 0.1) is 24.4 Å². The second-order valence-electron chi connectivity index (χ2n) is 4.97. The molecule has 3 aromatic rings. The minimum atomic E-state index is -0.274. The lowest BCUT2D eigenvalue weighted by Gasteiger charge is -2.06. The van der Waals surface area contributed by atoms with E-state index in [1.54, 1.807) is 6.92 Å². The van der Waals surface area contributed by atoms with E-state index in [1.807, 2.05) is 47.0 Å². The van der Waals surface area contributed by atoms with Crippen molar-refractivity contribution in [3.63, 3.8) is 0 Å². The Morgan fingerprint density at radius 3 is 2.70 bits per heavy atom. The first-order chi connectivity index (χ1) is 11.1. The van der Waals surface area contributed by atoms with E-state index in [4.69, 9.17) is 16.3 Å². The van der Waals surface area contributed by atoms with Crippen LogP contribution in [0.4, 0.5) is 0 Å². The highest BCUT2D eigenvalue weighted by atomic mass is 79.9. The maximum atomic E-state index is 12.0. The van der Waals surface area contributed by atoms with E-state index in [0.717, 1.165) is 27.1 Å². The van der Waals surface area contributed by atoms with E-state index >= 15 is 0 Å². The van der Waals surface area contributed by atoms with Crippen LogP contribution in [0.25, 0.3) is 16.9 Å². The summed E-state index contributed by atoms with van der Waals surface area (Å²) in [5.74, 6) is -0.274. The molecular formula is C17H14BrClN2O2. The van der Waals surface area contributed by atoms with Gasteiger partial charge in [-0.05, 0) is 47.1 Å². The van der Waals surface area contributed by atoms with Gasteiger partial charge in [0.1, 0.15) is 5.65 Å². The molecule has 0 spiro atoms. The summed E-state index contributed by atoms with van der Waals surface area (Å²) in [7, 11) is 0. The Hall–Kier alpha value is -1.85. The molecule has 0 aliphatic heterocycles. The molecule has 0 fully saturated rings. The van der Waals surface area contributed by atoms with Gasteiger partial charge < -0.3 is 9.14 Å².